The zero-order valence-electron chi connectivity index (χ0n) is 13.9. The van der Waals surface area contributed by atoms with Crippen molar-refractivity contribution in [3.63, 3.8) is 0 Å². The maximum absolute atomic E-state index is 11.9. The largest absolute Gasteiger partial charge is 0.497 e. The first-order valence-electron chi connectivity index (χ1n) is 7.92. The lowest BCUT2D eigenvalue weighted by Crippen LogP contribution is -2.44. The van der Waals surface area contributed by atoms with Crippen LogP contribution in [-0.2, 0) is 9.53 Å². The smallest absolute Gasteiger partial charge is 0.310 e. The van der Waals surface area contributed by atoms with Crippen LogP contribution in [0.5, 0.6) is 5.75 Å². The Bertz CT molecular complexity index is 577. The monoisotopic (exact) mass is 336 g/mol. The molecule has 0 aromatic heterocycles. The average molecular weight is 336 g/mol. The van der Waals surface area contributed by atoms with E-state index in [1.807, 2.05) is 36.9 Å². The molecule has 0 aliphatic carbocycles. The van der Waals surface area contributed by atoms with Crippen LogP contribution < -0.4 is 10.1 Å². The normalized spacial score (nSPS) is 17.5. The van der Waals surface area contributed by atoms with Gasteiger partial charge in [0.25, 0.3) is 0 Å². The van der Waals surface area contributed by atoms with Crippen LogP contribution in [0, 0.1) is 12.8 Å². The summed E-state index contributed by atoms with van der Waals surface area (Å²) in [6, 6.07) is 5.81. The van der Waals surface area contributed by atoms with E-state index in [0.29, 0.717) is 18.3 Å². The molecule has 1 heterocycles. The van der Waals surface area contributed by atoms with E-state index in [9.17, 15) is 4.79 Å². The summed E-state index contributed by atoms with van der Waals surface area (Å²) in [6.07, 6.45) is 1.80. The van der Waals surface area contributed by atoms with E-state index < -0.39 is 0 Å². The van der Waals surface area contributed by atoms with Crippen LogP contribution in [0.15, 0.2) is 18.2 Å². The molecule has 1 aliphatic rings. The number of hydrogen-bond acceptors (Lipinski definition) is 4. The zero-order chi connectivity index (χ0) is 16.8. The maximum Gasteiger partial charge on any atom is 0.310 e. The number of esters is 1. The minimum Gasteiger partial charge on any atom is -0.497 e. The van der Waals surface area contributed by atoms with E-state index in [4.69, 9.17) is 21.7 Å². The van der Waals surface area contributed by atoms with Gasteiger partial charge in [-0.2, -0.15) is 0 Å². The molecule has 1 aromatic rings. The van der Waals surface area contributed by atoms with E-state index in [2.05, 4.69) is 5.32 Å². The number of ether oxygens (including phenoxy) is 2. The first kappa shape index (κ1) is 17.5. The lowest BCUT2D eigenvalue weighted by atomic mass is 9.98. The predicted molar refractivity (Wildman–Crippen MR) is 94.9 cm³/mol. The highest BCUT2D eigenvalue weighted by molar-refractivity contribution is 7.80. The number of hydrogen-bond donors (Lipinski definition) is 1. The number of nitrogens with one attached hydrogen (secondary N) is 1. The lowest BCUT2D eigenvalue weighted by Gasteiger charge is -2.33. The third-order valence-corrected chi connectivity index (χ3v) is 4.36. The summed E-state index contributed by atoms with van der Waals surface area (Å²) in [4.78, 5) is 14.0. The molecule has 1 atom stereocenters. The Morgan fingerprint density at radius 3 is 2.91 bits per heavy atom. The molecule has 23 heavy (non-hydrogen) atoms. The van der Waals surface area contributed by atoms with Gasteiger partial charge in [0.15, 0.2) is 5.11 Å². The Balaban J connectivity index is 1.98. The number of anilines is 1. The molecule has 0 radical (unpaired) electrons. The van der Waals surface area contributed by atoms with Crippen molar-refractivity contribution in [1.82, 2.24) is 4.90 Å². The van der Waals surface area contributed by atoms with Gasteiger partial charge in [-0.1, -0.05) is 0 Å². The predicted octanol–water partition coefficient (Wildman–Crippen LogP) is 2.98. The molecule has 1 unspecified atom stereocenters. The number of aryl methyl sites for hydroxylation is 1. The second-order valence-electron chi connectivity index (χ2n) is 5.65. The van der Waals surface area contributed by atoms with Gasteiger partial charge >= 0.3 is 5.97 Å². The molecule has 1 saturated heterocycles. The van der Waals surface area contributed by atoms with Gasteiger partial charge in [-0.05, 0) is 62.7 Å². The molecule has 0 amide bonds. The molecular weight excluding hydrogens is 312 g/mol. The highest BCUT2D eigenvalue weighted by Crippen LogP contribution is 2.23. The highest BCUT2D eigenvalue weighted by Gasteiger charge is 2.28. The van der Waals surface area contributed by atoms with Crippen molar-refractivity contribution in [2.24, 2.45) is 5.92 Å². The minimum absolute atomic E-state index is 0.0968. The van der Waals surface area contributed by atoms with Crippen molar-refractivity contribution in [2.45, 2.75) is 26.7 Å². The SMILES string of the molecule is CCOC(=O)C1CCCN(C(=S)Nc2ccc(OC)cc2C)C1. The second kappa shape index (κ2) is 8.15. The van der Waals surface area contributed by atoms with Crippen LogP contribution in [-0.4, -0.2) is 42.8 Å². The summed E-state index contributed by atoms with van der Waals surface area (Å²) in [7, 11) is 1.65. The lowest BCUT2D eigenvalue weighted by molar-refractivity contribution is -0.149. The van der Waals surface area contributed by atoms with E-state index in [1.54, 1.807) is 7.11 Å². The standard InChI is InChI=1S/C17H24N2O3S/c1-4-22-16(20)13-6-5-9-19(11-13)17(23)18-15-8-7-14(21-3)10-12(15)2/h7-8,10,13H,4-6,9,11H2,1-3H3,(H,18,23). The molecule has 1 aromatic carbocycles. The number of methoxy groups -OCH3 is 1. The van der Waals surface area contributed by atoms with Gasteiger partial charge < -0.3 is 19.7 Å². The van der Waals surface area contributed by atoms with Crippen LogP contribution in [0.4, 0.5) is 5.69 Å². The summed E-state index contributed by atoms with van der Waals surface area (Å²) in [5.74, 6) is 0.598. The number of likely N-dealkylation sites (tertiary alicyclic amines) is 1. The first-order valence-corrected chi connectivity index (χ1v) is 8.33. The Labute approximate surface area is 142 Å². The van der Waals surface area contributed by atoms with Gasteiger partial charge in [0, 0.05) is 18.8 Å². The summed E-state index contributed by atoms with van der Waals surface area (Å²) in [6.45, 7) is 5.72. The van der Waals surface area contributed by atoms with Gasteiger partial charge in [0.1, 0.15) is 5.75 Å². The summed E-state index contributed by atoms with van der Waals surface area (Å²) in [5.41, 5.74) is 2.01. The Morgan fingerprint density at radius 2 is 2.26 bits per heavy atom. The van der Waals surface area contributed by atoms with Crippen LogP contribution in [0.3, 0.4) is 0 Å². The van der Waals surface area contributed by atoms with Crippen molar-refractivity contribution in [2.75, 3.05) is 32.1 Å². The van der Waals surface area contributed by atoms with Crippen LogP contribution >= 0.6 is 12.2 Å². The molecule has 0 spiro atoms. The summed E-state index contributed by atoms with van der Waals surface area (Å²) >= 11 is 5.51. The zero-order valence-corrected chi connectivity index (χ0v) is 14.7. The van der Waals surface area contributed by atoms with Gasteiger partial charge in [-0.25, -0.2) is 0 Å². The molecule has 0 bridgehead atoms. The fourth-order valence-electron chi connectivity index (χ4n) is 2.71. The Kier molecular flexibility index (Phi) is 6.21. The molecule has 1 N–H and O–H groups in total. The number of carbonyl (C=O) groups excluding carboxylic acids is 1. The first-order chi connectivity index (χ1) is 11.0. The van der Waals surface area contributed by atoms with Crippen molar-refractivity contribution in [3.05, 3.63) is 23.8 Å². The number of nitrogens with zero attached hydrogens (tertiary/aromatic N) is 1. The number of piperidine rings is 1. The topological polar surface area (TPSA) is 50.8 Å². The van der Waals surface area contributed by atoms with E-state index >= 15 is 0 Å². The summed E-state index contributed by atoms with van der Waals surface area (Å²) < 4.78 is 10.3. The van der Waals surface area contributed by atoms with Crippen molar-refractivity contribution in [3.8, 4) is 5.75 Å². The molecule has 0 saturated carbocycles. The fraction of sp³-hybridized carbons (Fsp3) is 0.529. The highest BCUT2D eigenvalue weighted by atomic mass is 32.1. The number of thiocarbonyl (C=S) groups is 1. The van der Waals surface area contributed by atoms with E-state index in [1.165, 1.54) is 0 Å². The van der Waals surface area contributed by atoms with Crippen LogP contribution in [0.2, 0.25) is 0 Å². The molecule has 126 valence electrons. The second-order valence-corrected chi connectivity index (χ2v) is 6.03. The maximum atomic E-state index is 11.9. The van der Waals surface area contributed by atoms with Crippen molar-refractivity contribution in [1.29, 1.82) is 0 Å². The third kappa shape index (κ3) is 4.58. The number of benzene rings is 1. The van der Waals surface area contributed by atoms with Gasteiger partial charge in [0.2, 0.25) is 0 Å². The summed E-state index contributed by atoms with van der Waals surface area (Å²) in [5, 5.41) is 3.92. The quantitative estimate of drug-likeness (QED) is 0.674. The molecule has 1 fully saturated rings. The number of carbonyl (C=O) groups is 1. The minimum atomic E-state index is -0.124. The van der Waals surface area contributed by atoms with E-state index in [0.717, 1.165) is 36.4 Å². The van der Waals surface area contributed by atoms with Crippen molar-refractivity contribution >= 4 is 29.0 Å². The molecule has 1 aliphatic heterocycles. The molecule has 6 heteroatoms. The molecule has 5 nitrogen and oxygen atoms in total. The Morgan fingerprint density at radius 1 is 1.48 bits per heavy atom. The molecule has 2 rings (SSSR count). The van der Waals surface area contributed by atoms with Crippen molar-refractivity contribution < 1.29 is 14.3 Å². The third-order valence-electron chi connectivity index (χ3n) is 4.00. The molecular formula is C17H24N2O3S. The Hall–Kier alpha value is -1.82. The van der Waals surface area contributed by atoms with Gasteiger partial charge in [-0.3, -0.25) is 4.79 Å². The van der Waals surface area contributed by atoms with Gasteiger partial charge in [-0.15, -0.1) is 0 Å². The van der Waals surface area contributed by atoms with Crippen LogP contribution in [0.1, 0.15) is 25.3 Å². The van der Waals surface area contributed by atoms with Crippen LogP contribution in [0.25, 0.3) is 0 Å². The van der Waals surface area contributed by atoms with Gasteiger partial charge in [0.05, 0.1) is 19.6 Å². The van der Waals surface area contributed by atoms with E-state index in [-0.39, 0.29) is 11.9 Å². The average Bonchev–Trinajstić information content (AvgIpc) is 2.57. The fourth-order valence-corrected chi connectivity index (χ4v) is 2.99. The number of rotatable bonds is 4.